The molecule has 0 atom stereocenters. The number of benzene rings is 2. The van der Waals surface area contributed by atoms with Gasteiger partial charge in [0.1, 0.15) is 0 Å². The number of ketones is 1. The van der Waals surface area contributed by atoms with Crippen LogP contribution in [0.15, 0.2) is 54.6 Å². The van der Waals surface area contributed by atoms with Gasteiger partial charge in [-0.05, 0) is 26.3 Å². The molecule has 0 aliphatic heterocycles. The summed E-state index contributed by atoms with van der Waals surface area (Å²) in [6.45, 7) is 8.08. The Kier molecular flexibility index (Phi) is 5.91. The number of rotatable bonds is 7. The van der Waals surface area contributed by atoms with Crippen LogP contribution in [0.3, 0.4) is 0 Å². The van der Waals surface area contributed by atoms with Gasteiger partial charge in [0.05, 0.1) is 0 Å². The molecule has 2 aromatic carbocycles. The smallest absolute Gasteiger partial charge is 0.164 e. The lowest BCUT2D eigenvalue weighted by atomic mass is 10.1. The van der Waals surface area contributed by atoms with E-state index in [0.29, 0.717) is 12.5 Å². The first kappa shape index (κ1) is 16.4. The number of nitrogens with zero attached hydrogens (tertiary/aromatic N) is 1. The van der Waals surface area contributed by atoms with Crippen LogP contribution in [0.5, 0.6) is 0 Å². The van der Waals surface area contributed by atoms with Crippen LogP contribution < -0.4 is 0 Å². The van der Waals surface area contributed by atoms with Crippen LogP contribution in [0.4, 0.5) is 0 Å². The van der Waals surface area contributed by atoms with Crippen molar-refractivity contribution in [2.75, 3.05) is 6.54 Å². The van der Waals surface area contributed by atoms with Crippen molar-refractivity contribution in [2.24, 2.45) is 0 Å². The van der Waals surface area contributed by atoms with E-state index < -0.39 is 0 Å². The highest BCUT2D eigenvalue weighted by Gasteiger charge is 2.13. The average Bonchev–Trinajstić information content (AvgIpc) is 2.52. The summed E-state index contributed by atoms with van der Waals surface area (Å²) in [6.07, 6.45) is 0.564. The molecule has 2 heteroatoms. The maximum atomic E-state index is 12.3. The van der Waals surface area contributed by atoms with E-state index in [4.69, 9.17) is 0 Å². The second-order valence-electron chi connectivity index (χ2n) is 6.09. The fraction of sp³-hybridized carbons (Fsp3) is 0.350. The first-order valence-electron chi connectivity index (χ1n) is 7.94. The summed E-state index contributed by atoms with van der Waals surface area (Å²) in [5.74, 6) is 0.221. The quantitative estimate of drug-likeness (QED) is 0.702. The van der Waals surface area contributed by atoms with Crippen LogP contribution in [-0.2, 0) is 6.54 Å². The Morgan fingerprint density at radius 3 is 2.23 bits per heavy atom. The molecular weight excluding hydrogens is 270 g/mol. The second kappa shape index (κ2) is 7.90. The lowest BCUT2D eigenvalue weighted by molar-refractivity contribution is 0.0952. The third-order valence-corrected chi connectivity index (χ3v) is 3.96. The summed E-state index contributed by atoms with van der Waals surface area (Å²) in [4.78, 5) is 14.7. The predicted octanol–water partition coefficient (Wildman–Crippen LogP) is 4.48. The molecule has 0 N–H and O–H groups in total. The van der Waals surface area contributed by atoms with Gasteiger partial charge >= 0.3 is 0 Å². The van der Waals surface area contributed by atoms with Crippen molar-refractivity contribution in [3.05, 3.63) is 71.3 Å². The Morgan fingerprint density at radius 1 is 1.00 bits per heavy atom. The first-order valence-corrected chi connectivity index (χ1v) is 7.94. The lowest BCUT2D eigenvalue weighted by Gasteiger charge is -2.26. The average molecular weight is 295 g/mol. The molecule has 22 heavy (non-hydrogen) atoms. The Morgan fingerprint density at radius 2 is 1.64 bits per heavy atom. The Hall–Kier alpha value is -1.93. The SMILES string of the molecule is Cc1ccc(C(=O)CCN(Cc2ccccc2)C(C)C)cc1. The summed E-state index contributed by atoms with van der Waals surface area (Å²) in [5.41, 5.74) is 3.29. The molecule has 0 radical (unpaired) electrons. The summed E-state index contributed by atoms with van der Waals surface area (Å²) >= 11 is 0. The normalized spacial score (nSPS) is 11.1. The molecule has 0 spiro atoms. The molecule has 2 nitrogen and oxygen atoms in total. The molecule has 2 rings (SSSR count). The zero-order chi connectivity index (χ0) is 15.9. The molecule has 0 aromatic heterocycles. The fourth-order valence-electron chi connectivity index (χ4n) is 2.47. The number of carbonyl (C=O) groups excluding carboxylic acids is 1. The van der Waals surface area contributed by atoms with E-state index in [1.807, 2.05) is 37.3 Å². The van der Waals surface area contributed by atoms with Gasteiger partial charge in [-0.2, -0.15) is 0 Å². The Bertz CT molecular complexity index is 587. The molecule has 0 bridgehead atoms. The van der Waals surface area contributed by atoms with Gasteiger partial charge in [-0.25, -0.2) is 0 Å². The van der Waals surface area contributed by atoms with E-state index in [2.05, 4.69) is 43.0 Å². The molecule has 0 aliphatic rings. The highest BCUT2D eigenvalue weighted by atomic mass is 16.1. The fourth-order valence-corrected chi connectivity index (χ4v) is 2.47. The van der Waals surface area contributed by atoms with Crippen molar-refractivity contribution < 1.29 is 4.79 Å². The van der Waals surface area contributed by atoms with E-state index in [1.54, 1.807) is 0 Å². The predicted molar refractivity (Wildman–Crippen MR) is 92.1 cm³/mol. The molecule has 2 aromatic rings. The summed E-state index contributed by atoms with van der Waals surface area (Å²) in [6, 6.07) is 18.7. The van der Waals surface area contributed by atoms with Crippen molar-refractivity contribution in [2.45, 2.75) is 39.8 Å². The minimum atomic E-state index is 0.221. The maximum absolute atomic E-state index is 12.3. The topological polar surface area (TPSA) is 20.3 Å². The molecule has 0 saturated heterocycles. The summed E-state index contributed by atoms with van der Waals surface area (Å²) < 4.78 is 0. The third kappa shape index (κ3) is 4.81. The van der Waals surface area contributed by atoms with E-state index >= 15 is 0 Å². The van der Waals surface area contributed by atoms with Crippen molar-refractivity contribution in [3.8, 4) is 0 Å². The molecular formula is C20H25NO. The van der Waals surface area contributed by atoms with Gasteiger partial charge in [-0.3, -0.25) is 9.69 Å². The van der Waals surface area contributed by atoms with Gasteiger partial charge in [0.15, 0.2) is 5.78 Å². The monoisotopic (exact) mass is 295 g/mol. The van der Waals surface area contributed by atoms with Crippen LogP contribution >= 0.6 is 0 Å². The van der Waals surface area contributed by atoms with Crippen molar-refractivity contribution >= 4 is 5.78 Å². The van der Waals surface area contributed by atoms with Crippen LogP contribution in [-0.4, -0.2) is 23.3 Å². The van der Waals surface area contributed by atoms with E-state index in [-0.39, 0.29) is 5.78 Å². The molecule has 0 aliphatic carbocycles. The van der Waals surface area contributed by atoms with Gasteiger partial charge in [-0.15, -0.1) is 0 Å². The number of hydrogen-bond acceptors (Lipinski definition) is 2. The van der Waals surface area contributed by atoms with E-state index in [0.717, 1.165) is 18.7 Å². The van der Waals surface area contributed by atoms with Gasteiger partial charge in [0.25, 0.3) is 0 Å². The van der Waals surface area contributed by atoms with Gasteiger partial charge < -0.3 is 0 Å². The van der Waals surface area contributed by atoms with Gasteiger partial charge in [-0.1, -0.05) is 60.2 Å². The zero-order valence-electron chi connectivity index (χ0n) is 13.8. The Labute approximate surface area is 133 Å². The highest BCUT2D eigenvalue weighted by Crippen LogP contribution is 2.11. The maximum Gasteiger partial charge on any atom is 0.164 e. The third-order valence-electron chi connectivity index (χ3n) is 3.96. The molecule has 0 saturated carbocycles. The number of carbonyl (C=O) groups is 1. The first-order chi connectivity index (χ1) is 10.6. The van der Waals surface area contributed by atoms with Crippen molar-refractivity contribution in [1.82, 2.24) is 4.90 Å². The summed E-state index contributed by atoms with van der Waals surface area (Å²) in [7, 11) is 0. The standard InChI is InChI=1S/C20H25NO/c1-16(2)21(15-18-7-5-4-6-8-18)14-13-20(22)19-11-9-17(3)10-12-19/h4-12,16H,13-15H2,1-3H3. The van der Waals surface area contributed by atoms with Crippen molar-refractivity contribution in [1.29, 1.82) is 0 Å². The van der Waals surface area contributed by atoms with E-state index in [1.165, 1.54) is 11.1 Å². The van der Waals surface area contributed by atoms with Crippen LogP contribution in [0, 0.1) is 6.92 Å². The minimum Gasteiger partial charge on any atom is -0.296 e. The van der Waals surface area contributed by atoms with Gasteiger partial charge in [0.2, 0.25) is 0 Å². The van der Waals surface area contributed by atoms with Crippen LogP contribution in [0.1, 0.15) is 41.8 Å². The number of Topliss-reactive ketones (excluding diaryl/α,β-unsaturated/α-hetero) is 1. The summed E-state index contributed by atoms with van der Waals surface area (Å²) in [5, 5.41) is 0. The molecule has 0 fully saturated rings. The Balaban J connectivity index is 1.94. The van der Waals surface area contributed by atoms with Crippen molar-refractivity contribution in [3.63, 3.8) is 0 Å². The lowest BCUT2D eigenvalue weighted by Crippen LogP contribution is -2.32. The van der Waals surface area contributed by atoms with Gasteiger partial charge in [0, 0.05) is 31.1 Å². The highest BCUT2D eigenvalue weighted by molar-refractivity contribution is 5.96. The molecule has 0 amide bonds. The number of hydrogen-bond donors (Lipinski definition) is 0. The largest absolute Gasteiger partial charge is 0.296 e. The molecule has 116 valence electrons. The zero-order valence-corrected chi connectivity index (χ0v) is 13.8. The molecule has 0 heterocycles. The molecule has 0 unspecified atom stereocenters. The number of aryl methyl sites for hydroxylation is 1. The van der Waals surface area contributed by atoms with Crippen LogP contribution in [0.2, 0.25) is 0 Å². The minimum absolute atomic E-state index is 0.221. The van der Waals surface area contributed by atoms with E-state index in [9.17, 15) is 4.79 Å². The second-order valence-corrected chi connectivity index (χ2v) is 6.09. The van der Waals surface area contributed by atoms with Crippen LogP contribution in [0.25, 0.3) is 0 Å².